The second-order valence-corrected chi connectivity index (χ2v) is 5.15. The number of nitrogens with zero attached hydrogens (tertiary/aromatic N) is 4. The highest BCUT2D eigenvalue weighted by atomic mass is 16.5. The molecular weight excluding hydrogens is 282 g/mol. The summed E-state index contributed by atoms with van der Waals surface area (Å²) in [7, 11) is 0. The van der Waals surface area contributed by atoms with Crippen molar-refractivity contribution in [3.05, 3.63) is 41.2 Å². The summed E-state index contributed by atoms with van der Waals surface area (Å²) >= 11 is 0. The third kappa shape index (κ3) is 2.57. The first-order chi connectivity index (χ1) is 10.6. The Bertz CT molecular complexity index is 814. The van der Waals surface area contributed by atoms with E-state index in [1.54, 1.807) is 30.6 Å². The van der Waals surface area contributed by atoms with Gasteiger partial charge in [-0.05, 0) is 32.4 Å². The molecule has 3 rings (SSSR count). The monoisotopic (exact) mass is 299 g/mol. The molecule has 7 nitrogen and oxygen atoms in total. The zero-order valence-electron chi connectivity index (χ0n) is 12.8. The van der Waals surface area contributed by atoms with Gasteiger partial charge in [-0.2, -0.15) is 5.10 Å². The van der Waals surface area contributed by atoms with Crippen molar-refractivity contribution < 1.29 is 9.32 Å². The van der Waals surface area contributed by atoms with Crippen LogP contribution in [-0.4, -0.2) is 25.7 Å². The van der Waals surface area contributed by atoms with Crippen molar-refractivity contribution in [3.8, 4) is 0 Å². The molecule has 3 aromatic rings. The third-order valence-electron chi connectivity index (χ3n) is 3.37. The predicted octanol–water partition coefficient (Wildman–Crippen LogP) is 2.54. The minimum absolute atomic E-state index is 0.246. The number of anilines is 1. The zero-order valence-corrected chi connectivity index (χ0v) is 12.8. The van der Waals surface area contributed by atoms with Gasteiger partial charge < -0.3 is 9.84 Å². The van der Waals surface area contributed by atoms with E-state index in [1.165, 1.54) is 0 Å². The van der Waals surface area contributed by atoms with Crippen LogP contribution in [0, 0.1) is 13.8 Å². The van der Waals surface area contributed by atoms with E-state index < -0.39 is 0 Å². The fourth-order valence-corrected chi connectivity index (χ4v) is 2.33. The molecule has 0 atom stereocenters. The van der Waals surface area contributed by atoms with E-state index in [9.17, 15) is 4.79 Å². The fraction of sp³-hybridized carbons (Fsp3) is 0.333. The van der Waals surface area contributed by atoms with Gasteiger partial charge >= 0.3 is 0 Å². The lowest BCUT2D eigenvalue weighted by Gasteiger charge is -2.04. The Balaban J connectivity index is 1.86. The number of pyridine rings is 1. The molecule has 0 unspecified atom stereocenters. The van der Waals surface area contributed by atoms with Crippen LogP contribution < -0.4 is 5.32 Å². The molecule has 0 aliphatic carbocycles. The molecule has 114 valence electrons. The first kappa shape index (κ1) is 14.2. The molecule has 0 saturated heterocycles. The standard InChI is InChI=1S/C15H17N5O2/c1-4-5-12-17-13-7-6-11(8-20(13)18-12)16-15(21)14-9(2)19-22-10(14)3/h6-8H,4-5H2,1-3H3,(H,16,21). The van der Waals surface area contributed by atoms with Crippen molar-refractivity contribution in [1.82, 2.24) is 19.8 Å². The number of hydrogen-bond acceptors (Lipinski definition) is 5. The number of carbonyl (C=O) groups excluding carboxylic acids is 1. The number of nitrogens with one attached hydrogen (secondary N) is 1. The van der Waals surface area contributed by atoms with E-state index in [2.05, 4.69) is 27.5 Å². The molecule has 0 spiro atoms. The lowest BCUT2D eigenvalue weighted by atomic mass is 10.2. The molecule has 0 saturated carbocycles. The van der Waals surface area contributed by atoms with E-state index in [-0.39, 0.29) is 5.91 Å². The molecular formula is C15H17N5O2. The van der Waals surface area contributed by atoms with Crippen LogP contribution >= 0.6 is 0 Å². The van der Waals surface area contributed by atoms with Crippen LogP contribution in [0.25, 0.3) is 5.65 Å². The van der Waals surface area contributed by atoms with Crippen LogP contribution in [0.4, 0.5) is 5.69 Å². The van der Waals surface area contributed by atoms with Gasteiger partial charge in [0.1, 0.15) is 11.3 Å². The number of amides is 1. The highest BCUT2D eigenvalue weighted by Crippen LogP contribution is 2.16. The maximum atomic E-state index is 12.3. The Morgan fingerprint density at radius 3 is 2.86 bits per heavy atom. The zero-order chi connectivity index (χ0) is 15.7. The van der Waals surface area contributed by atoms with Gasteiger partial charge in [-0.3, -0.25) is 4.79 Å². The minimum Gasteiger partial charge on any atom is -0.361 e. The van der Waals surface area contributed by atoms with Gasteiger partial charge in [0.2, 0.25) is 0 Å². The first-order valence-corrected chi connectivity index (χ1v) is 7.18. The molecule has 3 heterocycles. The topological polar surface area (TPSA) is 85.3 Å². The molecule has 0 aromatic carbocycles. The molecule has 1 N–H and O–H groups in total. The second kappa shape index (κ2) is 5.59. The minimum atomic E-state index is -0.246. The van der Waals surface area contributed by atoms with Crippen LogP contribution in [0.2, 0.25) is 0 Å². The van der Waals surface area contributed by atoms with Crippen LogP contribution in [0.15, 0.2) is 22.9 Å². The number of aryl methyl sites for hydroxylation is 3. The van der Waals surface area contributed by atoms with Crippen LogP contribution in [0.1, 0.15) is 41.0 Å². The van der Waals surface area contributed by atoms with E-state index >= 15 is 0 Å². The average molecular weight is 299 g/mol. The Morgan fingerprint density at radius 2 is 2.18 bits per heavy atom. The summed E-state index contributed by atoms with van der Waals surface area (Å²) in [6.45, 7) is 5.54. The van der Waals surface area contributed by atoms with E-state index in [0.717, 1.165) is 24.3 Å². The van der Waals surface area contributed by atoms with Crippen LogP contribution in [0.3, 0.4) is 0 Å². The maximum Gasteiger partial charge on any atom is 0.261 e. The molecule has 0 fully saturated rings. The first-order valence-electron chi connectivity index (χ1n) is 7.18. The number of fused-ring (bicyclic) bond motifs is 1. The molecule has 0 bridgehead atoms. The number of aromatic nitrogens is 4. The highest BCUT2D eigenvalue weighted by Gasteiger charge is 2.17. The van der Waals surface area contributed by atoms with E-state index in [0.29, 0.717) is 22.7 Å². The number of hydrogen-bond donors (Lipinski definition) is 1. The molecule has 0 aliphatic heterocycles. The van der Waals surface area contributed by atoms with Gasteiger partial charge in [0.05, 0.1) is 17.6 Å². The van der Waals surface area contributed by atoms with Crippen molar-refractivity contribution in [2.45, 2.75) is 33.6 Å². The summed E-state index contributed by atoms with van der Waals surface area (Å²) in [6, 6.07) is 3.63. The lowest BCUT2D eigenvalue weighted by molar-refractivity contribution is 0.102. The van der Waals surface area contributed by atoms with Crippen molar-refractivity contribution in [1.29, 1.82) is 0 Å². The summed E-state index contributed by atoms with van der Waals surface area (Å²) in [6.07, 6.45) is 3.58. The largest absolute Gasteiger partial charge is 0.361 e. The van der Waals surface area contributed by atoms with Crippen molar-refractivity contribution in [2.24, 2.45) is 0 Å². The Hall–Kier alpha value is -2.70. The normalized spacial score (nSPS) is 11.0. The Morgan fingerprint density at radius 1 is 1.36 bits per heavy atom. The Labute approximate surface area is 127 Å². The van der Waals surface area contributed by atoms with E-state index in [4.69, 9.17) is 4.52 Å². The smallest absolute Gasteiger partial charge is 0.261 e. The quantitative estimate of drug-likeness (QED) is 0.800. The van der Waals surface area contributed by atoms with Crippen LogP contribution in [-0.2, 0) is 6.42 Å². The molecule has 0 radical (unpaired) electrons. The highest BCUT2D eigenvalue weighted by molar-refractivity contribution is 6.05. The van der Waals surface area contributed by atoms with E-state index in [1.807, 2.05) is 6.07 Å². The SMILES string of the molecule is CCCc1nc2ccc(NC(=O)c3c(C)noc3C)cn2n1. The van der Waals surface area contributed by atoms with Gasteiger partial charge in [0.15, 0.2) is 11.5 Å². The molecule has 0 aliphatic rings. The van der Waals surface area contributed by atoms with Crippen LogP contribution in [0.5, 0.6) is 0 Å². The Kier molecular flexibility index (Phi) is 3.62. The fourth-order valence-electron chi connectivity index (χ4n) is 2.33. The molecule has 3 aromatic heterocycles. The van der Waals surface area contributed by atoms with Gasteiger partial charge in [0, 0.05) is 6.42 Å². The average Bonchev–Trinajstić information content (AvgIpc) is 3.01. The number of carbonyl (C=O) groups is 1. The van der Waals surface area contributed by atoms with Crippen molar-refractivity contribution >= 4 is 17.2 Å². The summed E-state index contributed by atoms with van der Waals surface area (Å²) < 4.78 is 6.69. The van der Waals surface area contributed by atoms with Gasteiger partial charge in [0.25, 0.3) is 5.91 Å². The van der Waals surface area contributed by atoms with Gasteiger partial charge in [-0.1, -0.05) is 12.1 Å². The lowest BCUT2D eigenvalue weighted by Crippen LogP contribution is -2.14. The maximum absolute atomic E-state index is 12.3. The van der Waals surface area contributed by atoms with Crippen molar-refractivity contribution in [2.75, 3.05) is 5.32 Å². The molecule has 22 heavy (non-hydrogen) atoms. The molecule has 7 heteroatoms. The predicted molar refractivity (Wildman–Crippen MR) is 80.9 cm³/mol. The second-order valence-electron chi connectivity index (χ2n) is 5.15. The van der Waals surface area contributed by atoms with Gasteiger partial charge in [-0.15, -0.1) is 0 Å². The van der Waals surface area contributed by atoms with Gasteiger partial charge in [-0.25, -0.2) is 9.50 Å². The third-order valence-corrected chi connectivity index (χ3v) is 3.37. The summed E-state index contributed by atoms with van der Waals surface area (Å²) in [4.78, 5) is 16.7. The summed E-state index contributed by atoms with van der Waals surface area (Å²) in [5.74, 6) is 1.06. The molecule has 1 amide bonds. The summed E-state index contributed by atoms with van der Waals surface area (Å²) in [5, 5.41) is 11.0. The number of rotatable bonds is 4. The summed E-state index contributed by atoms with van der Waals surface area (Å²) in [5.41, 5.74) is 2.44. The van der Waals surface area contributed by atoms with Crippen molar-refractivity contribution in [3.63, 3.8) is 0 Å².